The van der Waals surface area contributed by atoms with E-state index in [1.807, 2.05) is 0 Å². The largest absolute Gasteiger partial charge is 0.491 e. The molecule has 1 saturated carbocycles. The number of sulfone groups is 1. The number of hydrogen-bond acceptors (Lipinski definition) is 5. The third-order valence-electron chi connectivity index (χ3n) is 7.61. The monoisotopic (exact) mass is 669 g/mol. The molecule has 6 nitrogen and oxygen atoms in total. The number of carbonyl (C=O) groups is 1. The minimum Gasteiger partial charge on any atom is -0.491 e. The molecule has 2 aliphatic rings. The lowest BCUT2D eigenvalue weighted by Crippen LogP contribution is -2.72. The van der Waals surface area contributed by atoms with E-state index in [1.165, 1.54) is 0 Å². The summed E-state index contributed by atoms with van der Waals surface area (Å²) in [6.07, 6.45) is -9.31. The van der Waals surface area contributed by atoms with Crippen LogP contribution in [0.2, 0.25) is 0 Å². The lowest BCUT2D eigenvalue weighted by atomic mass is 9.62. The molecule has 18 heteroatoms. The normalized spacial score (nSPS) is 25.9. The second-order valence-corrected chi connectivity index (χ2v) is 12.8. The predicted octanol–water partition coefficient (Wildman–Crippen LogP) is 7.24. The number of nitrogens with zero attached hydrogens (tertiary/aromatic N) is 1. The highest BCUT2D eigenvalue weighted by Crippen LogP contribution is 2.63. The van der Waals surface area contributed by atoms with Crippen molar-refractivity contribution in [1.82, 2.24) is 0 Å². The van der Waals surface area contributed by atoms with Crippen LogP contribution in [0.5, 0.6) is 5.75 Å². The van der Waals surface area contributed by atoms with Gasteiger partial charge in [-0.05, 0) is 43.7 Å². The maximum atomic E-state index is 15.6. The van der Waals surface area contributed by atoms with Crippen molar-refractivity contribution in [2.24, 2.45) is 11.3 Å². The molecule has 44 heavy (non-hydrogen) atoms. The van der Waals surface area contributed by atoms with Crippen molar-refractivity contribution in [2.45, 2.75) is 60.5 Å². The van der Waals surface area contributed by atoms with Gasteiger partial charge in [0, 0.05) is 37.1 Å². The van der Waals surface area contributed by atoms with Crippen LogP contribution in [-0.4, -0.2) is 55.9 Å². The number of rotatable bonds is 8. The minimum absolute atomic E-state index is 0.0813. The molecule has 0 amide bonds. The van der Waals surface area contributed by atoms with Crippen LogP contribution in [0, 0.1) is 17.2 Å². The first-order chi connectivity index (χ1) is 19.9. The van der Waals surface area contributed by atoms with Crippen molar-refractivity contribution >= 4 is 27.2 Å². The smallest absolute Gasteiger partial charge is 0.420 e. The number of fused-ring (bicyclic) bond motifs is 1. The average Bonchev–Trinajstić information content (AvgIpc) is 2.96. The number of anilines is 2. The molecule has 1 aliphatic heterocycles. The van der Waals surface area contributed by atoms with Crippen LogP contribution in [0.1, 0.15) is 31.7 Å². The number of carboxylic acid groups (broad SMARTS) is 1. The van der Waals surface area contributed by atoms with Crippen LogP contribution >= 0.6 is 0 Å². The van der Waals surface area contributed by atoms with Crippen LogP contribution in [0.4, 0.5) is 59.7 Å². The van der Waals surface area contributed by atoms with E-state index in [2.05, 4.69) is 0 Å². The topological polar surface area (TPSA) is 83.9 Å². The van der Waals surface area contributed by atoms with Gasteiger partial charge in [-0.15, -0.1) is 0 Å². The Morgan fingerprint density at radius 2 is 1.66 bits per heavy atom. The Labute approximate surface area is 242 Å². The molecule has 2 aromatic rings. The van der Waals surface area contributed by atoms with Gasteiger partial charge in [0.1, 0.15) is 18.2 Å². The first-order valence-electron chi connectivity index (χ1n) is 12.6. The third kappa shape index (κ3) is 5.64. The van der Waals surface area contributed by atoms with E-state index in [4.69, 9.17) is 4.74 Å². The SMILES string of the molecule is CC(F)(F)CC[C@@H]1CN(c2ccc(F)cc2)c2cc(C(F)(F)F)c(OC[C@@]3(C(=O)O)CC(F)(F)C3(F)F)cc2S(=O)(=O)[C@@H]1F. The van der Waals surface area contributed by atoms with E-state index in [0.717, 1.165) is 29.2 Å². The summed E-state index contributed by atoms with van der Waals surface area (Å²) in [6, 6.07) is 3.84. The van der Waals surface area contributed by atoms with Gasteiger partial charge in [-0.1, -0.05) is 0 Å². The van der Waals surface area contributed by atoms with Gasteiger partial charge < -0.3 is 14.7 Å². The molecule has 0 radical (unpaired) electrons. The fourth-order valence-electron chi connectivity index (χ4n) is 5.11. The molecule has 1 N–H and O–H groups in total. The number of benzene rings is 2. The van der Waals surface area contributed by atoms with Gasteiger partial charge in [0.05, 0.1) is 16.1 Å². The van der Waals surface area contributed by atoms with Crippen molar-refractivity contribution in [1.29, 1.82) is 0 Å². The Bertz CT molecular complexity index is 1540. The Morgan fingerprint density at radius 3 is 2.14 bits per heavy atom. The Balaban J connectivity index is 1.89. The van der Waals surface area contributed by atoms with Gasteiger partial charge in [0.15, 0.2) is 5.41 Å². The van der Waals surface area contributed by atoms with E-state index < -0.39 is 117 Å². The molecule has 2 aromatic carbocycles. The molecule has 0 spiro atoms. The zero-order valence-electron chi connectivity index (χ0n) is 22.2. The first-order valence-corrected chi connectivity index (χ1v) is 14.2. The summed E-state index contributed by atoms with van der Waals surface area (Å²) >= 11 is 0. The maximum absolute atomic E-state index is 15.6. The van der Waals surface area contributed by atoms with E-state index in [0.29, 0.717) is 6.92 Å². The van der Waals surface area contributed by atoms with Crippen molar-refractivity contribution in [3.05, 3.63) is 47.8 Å². The van der Waals surface area contributed by atoms with E-state index in [-0.39, 0.29) is 17.8 Å². The van der Waals surface area contributed by atoms with Gasteiger partial charge in [0.25, 0.3) is 0 Å². The molecule has 0 saturated heterocycles. The molecular formula is C26H22F11NO5S. The average molecular weight is 670 g/mol. The molecule has 0 aromatic heterocycles. The number of hydrogen-bond donors (Lipinski definition) is 1. The van der Waals surface area contributed by atoms with Gasteiger partial charge in [-0.3, -0.25) is 4.79 Å². The van der Waals surface area contributed by atoms with E-state index in [1.54, 1.807) is 0 Å². The molecular weight excluding hydrogens is 647 g/mol. The molecule has 3 atom stereocenters. The van der Waals surface area contributed by atoms with Crippen LogP contribution in [0.25, 0.3) is 0 Å². The number of carboxylic acids is 1. The Hall–Kier alpha value is -3.31. The highest BCUT2D eigenvalue weighted by atomic mass is 32.2. The summed E-state index contributed by atoms with van der Waals surface area (Å²) in [5, 5.41) is 9.28. The minimum atomic E-state index is -5.48. The summed E-state index contributed by atoms with van der Waals surface area (Å²) in [6.45, 7) is -2.29. The zero-order valence-corrected chi connectivity index (χ0v) is 23.1. The summed E-state index contributed by atoms with van der Waals surface area (Å²) in [7, 11) is -5.37. The van der Waals surface area contributed by atoms with E-state index in [9.17, 15) is 62.2 Å². The van der Waals surface area contributed by atoms with Crippen LogP contribution in [0.15, 0.2) is 41.3 Å². The van der Waals surface area contributed by atoms with Crippen molar-refractivity contribution < 1.29 is 71.4 Å². The van der Waals surface area contributed by atoms with Crippen LogP contribution in [0.3, 0.4) is 0 Å². The fraction of sp³-hybridized carbons (Fsp3) is 0.500. The second-order valence-electron chi connectivity index (χ2n) is 10.8. The third-order valence-corrected chi connectivity index (χ3v) is 9.53. The maximum Gasteiger partial charge on any atom is 0.420 e. The molecule has 0 unspecified atom stereocenters. The van der Waals surface area contributed by atoms with Gasteiger partial charge in [0.2, 0.25) is 21.3 Å². The van der Waals surface area contributed by atoms with Gasteiger partial charge >= 0.3 is 24.0 Å². The number of ether oxygens (including phenoxy) is 1. The summed E-state index contributed by atoms with van der Waals surface area (Å²) in [5.41, 5.74) is -9.66. The van der Waals surface area contributed by atoms with Gasteiger partial charge in [-0.25, -0.2) is 26.0 Å². The van der Waals surface area contributed by atoms with Crippen molar-refractivity contribution in [3.8, 4) is 5.75 Å². The lowest BCUT2D eigenvalue weighted by Gasteiger charge is -2.50. The predicted molar refractivity (Wildman–Crippen MR) is 130 cm³/mol. The number of halogens is 11. The molecule has 1 fully saturated rings. The molecule has 0 bridgehead atoms. The summed E-state index contributed by atoms with van der Waals surface area (Å²) in [4.78, 5) is 11.1. The molecule has 1 aliphatic carbocycles. The van der Waals surface area contributed by atoms with Crippen molar-refractivity contribution in [3.63, 3.8) is 0 Å². The second kappa shape index (κ2) is 10.7. The summed E-state index contributed by atoms with van der Waals surface area (Å²) in [5.74, 6) is -20.3. The van der Waals surface area contributed by atoms with Crippen molar-refractivity contribution in [2.75, 3.05) is 18.1 Å². The lowest BCUT2D eigenvalue weighted by molar-refractivity contribution is -0.353. The molecule has 244 valence electrons. The summed E-state index contributed by atoms with van der Waals surface area (Å²) < 4.78 is 186. The zero-order chi connectivity index (χ0) is 33.3. The highest BCUT2D eigenvalue weighted by molar-refractivity contribution is 7.92. The highest BCUT2D eigenvalue weighted by Gasteiger charge is 2.84. The van der Waals surface area contributed by atoms with Crippen LogP contribution < -0.4 is 9.64 Å². The standard InChI is InChI=1S/C26H22F11NO5S/c1-22(29,30)7-6-13-10-38(15-4-2-14(27)3-5-15)17-8-16(25(33,34)35)18(9-19(17)44(41,42)20(13)28)43-12-23(21(39)40)11-24(31,32)26(23,36)37/h2-5,8-9,13,20H,6-7,10-12H2,1H3,(H,39,40)/t13-,20+,23-/m1/s1. The van der Waals surface area contributed by atoms with Gasteiger partial charge in [-0.2, -0.15) is 30.7 Å². The first kappa shape index (κ1) is 33.6. The van der Waals surface area contributed by atoms with E-state index >= 15 is 4.39 Å². The Kier molecular flexibility index (Phi) is 8.13. The van der Waals surface area contributed by atoms with Crippen LogP contribution in [-0.2, 0) is 20.8 Å². The molecule has 1 heterocycles. The fourth-order valence-corrected chi connectivity index (χ4v) is 6.81. The Morgan fingerprint density at radius 1 is 1.07 bits per heavy atom. The molecule has 4 rings (SSSR count). The number of aliphatic carboxylic acids is 1. The number of alkyl halides is 10. The quantitative estimate of drug-likeness (QED) is 0.299.